The number of hydrogen-bond acceptors (Lipinski definition) is 3. The van der Waals surface area contributed by atoms with Crippen LogP contribution in [0.2, 0.25) is 0 Å². The van der Waals surface area contributed by atoms with E-state index in [1.54, 1.807) is 10.7 Å². The maximum Gasteiger partial charge on any atom is 0.170 e. The Balaban J connectivity index is 2.51. The number of nitrogens with two attached hydrogens (primary N) is 1. The van der Waals surface area contributed by atoms with E-state index in [9.17, 15) is 4.79 Å². The van der Waals surface area contributed by atoms with Crippen molar-refractivity contribution in [3.05, 3.63) is 41.6 Å². The molecule has 4 heteroatoms. The number of carbonyl (C=O) groups excluding carboxylic acids is 1. The first-order chi connectivity index (χ1) is 8.41. The molecule has 1 heterocycles. The molecular formula is C14H17N3O. The maximum atomic E-state index is 10.7. The lowest BCUT2D eigenvalue weighted by Crippen LogP contribution is -2.28. The Kier molecular flexibility index (Phi) is 3.05. The summed E-state index contributed by atoms with van der Waals surface area (Å²) in [4.78, 5) is 10.7. The van der Waals surface area contributed by atoms with Crippen LogP contribution in [0.1, 0.15) is 29.9 Å². The Morgan fingerprint density at radius 1 is 1.33 bits per heavy atom. The summed E-state index contributed by atoms with van der Waals surface area (Å²) in [6.07, 6.45) is 0.750. The van der Waals surface area contributed by atoms with Gasteiger partial charge in [-0.15, -0.1) is 0 Å². The first-order valence-electron chi connectivity index (χ1n) is 5.81. The third-order valence-electron chi connectivity index (χ3n) is 2.92. The van der Waals surface area contributed by atoms with E-state index in [0.29, 0.717) is 5.69 Å². The first kappa shape index (κ1) is 12.5. The van der Waals surface area contributed by atoms with Gasteiger partial charge in [0.25, 0.3) is 0 Å². The van der Waals surface area contributed by atoms with Crippen LogP contribution >= 0.6 is 0 Å². The summed E-state index contributed by atoms with van der Waals surface area (Å²) in [5.41, 5.74) is 9.11. The van der Waals surface area contributed by atoms with Crippen molar-refractivity contribution in [1.82, 2.24) is 9.78 Å². The lowest BCUT2D eigenvalue weighted by atomic mass is 9.93. The predicted molar refractivity (Wildman–Crippen MR) is 71.2 cm³/mol. The van der Waals surface area contributed by atoms with Gasteiger partial charge in [0.15, 0.2) is 6.29 Å². The van der Waals surface area contributed by atoms with Crippen LogP contribution in [0.25, 0.3) is 11.3 Å². The summed E-state index contributed by atoms with van der Waals surface area (Å²) in [6.45, 7) is 3.93. The molecule has 0 unspecified atom stereocenters. The number of nitrogens with zero attached hydrogens (tertiary/aromatic N) is 2. The van der Waals surface area contributed by atoms with E-state index in [1.807, 2.05) is 45.2 Å². The summed E-state index contributed by atoms with van der Waals surface area (Å²) in [6, 6.07) is 9.76. The Morgan fingerprint density at radius 2 is 2.06 bits per heavy atom. The van der Waals surface area contributed by atoms with E-state index >= 15 is 0 Å². The minimum absolute atomic E-state index is 0.387. The molecule has 18 heavy (non-hydrogen) atoms. The van der Waals surface area contributed by atoms with Gasteiger partial charge in [0, 0.05) is 18.2 Å². The van der Waals surface area contributed by atoms with Crippen LogP contribution in [0.5, 0.6) is 0 Å². The summed E-state index contributed by atoms with van der Waals surface area (Å²) >= 11 is 0. The fourth-order valence-corrected chi connectivity index (χ4v) is 1.90. The van der Waals surface area contributed by atoms with Crippen LogP contribution < -0.4 is 5.73 Å². The minimum atomic E-state index is -0.387. The van der Waals surface area contributed by atoms with Gasteiger partial charge in [-0.25, -0.2) is 0 Å². The number of hydrogen-bond donors (Lipinski definition) is 1. The topological polar surface area (TPSA) is 60.9 Å². The van der Waals surface area contributed by atoms with Crippen molar-refractivity contribution in [3.63, 3.8) is 0 Å². The molecular weight excluding hydrogens is 226 g/mol. The average molecular weight is 243 g/mol. The fourth-order valence-electron chi connectivity index (χ4n) is 1.90. The molecule has 0 aliphatic heterocycles. The molecule has 0 bridgehead atoms. The molecule has 0 atom stereocenters. The van der Waals surface area contributed by atoms with Crippen LogP contribution in [0.3, 0.4) is 0 Å². The van der Waals surface area contributed by atoms with Crippen LogP contribution in [0, 0.1) is 0 Å². The molecule has 0 fully saturated rings. The Labute approximate surface area is 106 Å². The van der Waals surface area contributed by atoms with Crippen molar-refractivity contribution in [3.8, 4) is 11.3 Å². The highest BCUT2D eigenvalue weighted by Crippen LogP contribution is 2.25. The second kappa shape index (κ2) is 4.38. The van der Waals surface area contributed by atoms with Gasteiger partial charge in [0.2, 0.25) is 0 Å². The molecule has 1 aromatic carbocycles. The molecule has 1 aromatic heterocycles. The lowest BCUT2D eigenvalue weighted by molar-refractivity contribution is 0.111. The molecule has 4 nitrogen and oxygen atoms in total. The second-order valence-corrected chi connectivity index (χ2v) is 5.00. The zero-order valence-electron chi connectivity index (χ0n) is 10.8. The van der Waals surface area contributed by atoms with Crippen molar-refractivity contribution in [2.75, 3.05) is 0 Å². The van der Waals surface area contributed by atoms with Gasteiger partial charge in [-0.1, -0.05) is 18.2 Å². The zero-order chi connectivity index (χ0) is 13.3. The molecule has 0 saturated heterocycles. The quantitative estimate of drug-likeness (QED) is 0.840. The molecule has 0 amide bonds. The van der Waals surface area contributed by atoms with Crippen molar-refractivity contribution in [2.45, 2.75) is 19.4 Å². The molecule has 0 aliphatic carbocycles. The van der Waals surface area contributed by atoms with Gasteiger partial charge in [0.05, 0.1) is 5.69 Å². The highest BCUT2D eigenvalue weighted by atomic mass is 16.1. The standard InChI is InChI=1S/C14H17N3O/c1-14(2,15)11-6-4-5-10(7-11)13-8-12(9-18)16-17(13)3/h4-9H,15H2,1-3H3. The number of aldehydes is 1. The lowest BCUT2D eigenvalue weighted by Gasteiger charge is -2.19. The highest BCUT2D eigenvalue weighted by molar-refractivity contribution is 5.75. The summed E-state index contributed by atoms with van der Waals surface area (Å²) in [5, 5.41) is 4.11. The Morgan fingerprint density at radius 3 is 2.61 bits per heavy atom. The van der Waals surface area contributed by atoms with Crippen LogP contribution in [-0.2, 0) is 12.6 Å². The van der Waals surface area contributed by atoms with Gasteiger partial charge < -0.3 is 5.73 Å². The largest absolute Gasteiger partial charge is 0.322 e. The van der Waals surface area contributed by atoms with E-state index in [2.05, 4.69) is 5.10 Å². The summed E-state index contributed by atoms with van der Waals surface area (Å²) in [7, 11) is 1.82. The molecule has 94 valence electrons. The highest BCUT2D eigenvalue weighted by Gasteiger charge is 2.15. The summed E-state index contributed by atoms with van der Waals surface area (Å²) < 4.78 is 1.70. The predicted octanol–water partition coefficient (Wildman–Crippen LogP) is 2.09. The Bertz CT molecular complexity index is 579. The van der Waals surface area contributed by atoms with Gasteiger partial charge >= 0.3 is 0 Å². The van der Waals surface area contributed by atoms with Gasteiger partial charge in [-0.05, 0) is 31.5 Å². The number of aromatic nitrogens is 2. The monoisotopic (exact) mass is 243 g/mol. The fraction of sp³-hybridized carbons (Fsp3) is 0.286. The smallest absolute Gasteiger partial charge is 0.170 e. The normalized spacial score (nSPS) is 11.6. The van der Waals surface area contributed by atoms with Crippen molar-refractivity contribution < 1.29 is 4.79 Å². The Hall–Kier alpha value is -1.94. The van der Waals surface area contributed by atoms with Gasteiger partial charge in [-0.3, -0.25) is 9.48 Å². The maximum absolute atomic E-state index is 10.7. The van der Waals surface area contributed by atoms with E-state index in [-0.39, 0.29) is 5.54 Å². The van der Waals surface area contributed by atoms with Crippen LogP contribution in [-0.4, -0.2) is 16.1 Å². The van der Waals surface area contributed by atoms with Crippen molar-refractivity contribution in [1.29, 1.82) is 0 Å². The third-order valence-corrected chi connectivity index (χ3v) is 2.92. The number of benzene rings is 1. The van der Waals surface area contributed by atoms with E-state index in [4.69, 9.17) is 5.73 Å². The van der Waals surface area contributed by atoms with Crippen LogP contribution in [0.15, 0.2) is 30.3 Å². The van der Waals surface area contributed by atoms with Crippen molar-refractivity contribution in [2.24, 2.45) is 12.8 Å². The van der Waals surface area contributed by atoms with E-state index in [1.165, 1.54) is 0 Å². The van der Waals surface area contributed by atoms with E-state index in [0.717, 1.165) is 23.1 Å². The zero-order valence-corrected chi connectivity index (χ0v) is 10.8. The van der Waals surface area contributed by atoms with E-state index < -0.39 is 0 Å². The molecule has 0 aliphatic rings. The summed E-state index contributed by atoms with van der Waals surface area (Å²) in [5.74, 6) is 0. The molecule has 2 N–H and O–H groups in total. The number of carbonyl (C=O) groups is 1. The average Bonchev–Trinajstić information content (AvgIpc) is 2.70. The first-order valence-corrected chi connectivity index (χ1v) is 5.81. The molecule has 2 rings (SSSR count). The van der Waals surface area contributed by atoms with Crippen molar-refractivity contribution >= 4 is 6.29 Å². The minimum Gasteiger partial charge on any atom is -0.322 e. The van der Waals surface area contributed by atoms with Gasteiger partial charge in [-0.2, -0.15) is 5.10 Å². The molecule has 0 saturated carbocycles. The van der Waals surface area contributed by atoms with Crippen LogP contribution in [0.4, 0.5) is 0 Å². The SMILES string of the molecule is Cn1nc(C=O)cc1-c1cccc(C(C)(C)N)c1. The number of rotatable bonds is 3. The number of aryl methyl sites for hydroxylation is 1. The molecule has 0 radical (unpaired) electrons. The third kappa shape index (κ3) is 2.33. The van der Waals surface area contributed by atoms with Gasteiger partial charge in [0.1, 0.15) is 5.69 Å². The molecule has 2 aromatic rings. The second-order valence-electron chi connectivity index (χ2n) is 5.00. The molecule has 0 spiro atoms.